The van der Waals surface area contributed by atoms with Gasteiger partial charge in [0.15, 0.2) is 5.82 Å². The summed E-state index contributed by atoms with van der Waals surface area (Å²) in [6.07, 6.45) is 7.21. The zero-order chi connectivity index (χ0) is 37.2. The van der Waals surface area contributed by atoms with Gasteiger partial charge in [0, 0.05) is 47.8 Å². The molecule has 2 unspecified atom stereocenters. The number of aromatic nitrogens is 2. The molecule has 8 aromatic rings. The fourth-order valence-electron chi connectivity index (χ4n) is 11.0. The van der Waals surface area contributed by atoms with Crippen LogP contribution in [0.4, 0.5) is 0 Å². The Balaban J connectivity index is 1.08. The summed E-state index contributed by atoms with van der Waals surface area (Å²) >= 11 is 1.86. The summed E-state index contributed by atoms with van der Waals surface area (Å²) in [5.74, 6) is 3.83. The van der Waals surface area contributed by atoms with Gasteiger partial charge in [-0.2, -0.15) is 0 Å². The molecule has 270 valence electrons. The van der Waals surface area contributed by atoms with Gasteiger partial charge in [-0.25, -0.2) is 9.97 Å². The van der Waals surface area contributed by atoms with Crippen LogP contribution in [0.25, 0.3) is 53.9 Å². The van der Waals surface area contributed by atoms with E-state index in [-0.39, 0.29) is 5.41 Å². The number of thiophene rings is 1. The molecule has 2 aromatic heterocycles. The fraction of sp³-hybridized carbons (Fsp3) is 0.192. The Hall–Kier alpha value is -5.84. The Morgan fingerprint density at radius 1 is 0.607 bits per heavy atom. The molecule has 3 heterocycles. The zero-order valence-corrected chi connectivity index (χ0v) is 32.4. The van der Waals surface area contributed by atoms with Crippen molar-refractivity contribution >= 4 is 31.5 Å². The quantitative estimate of drug-likeness (QED) is 0.169. The van der Waals surface area contributed by atoms with E-state index < -0.39 is 5.41 Å². The SMILES string of the molecule is C[C@H]1CC2=CC(C2)CC(C)(c2cc(-c3ccc4sc5ccccc5c4c3)nc(-c3ccc4c(c3)-c3ccccc3C43c4ccccc4Oc4ccccc43)n2)C1. The first-order chi connectivity index (χ1) is 27.4. The lowest BCUT2D eigenvalue weighted by Gasteiger charge is -2.42. The van der Waals surface area contributed by atoms with Crippen LogP contribution in [0.15, 0.2) is 151 Å². The minimum atomic E-state index is -0.500. The summed E-state index contributed by atoms with van der Waals surface area (Å²) in [6, 6.07) is 51.0. The molecule has 1 aliphatic heterocycles. The molecule has 4 heteroatoms. The Morgan fingerprint density at radius 2 is 1.29 bits per heavy atom. The first-order valence-corrected chi connectivity index (χ1v) is 20.9. The van der Waals surface area contributed by atoms with E-state index in [1.807, 2.05) is 11.3 Å². The number of hydrogen-bond donors (Lipinski definition) is 0. The van der Waals surface area contributed by atoms with Gasteiger partial charge in [-0.1, -0.05) is 123 Å². The van der Waals surface area contributed by atoms with E-state index in [1.54, 1.807) is 5.57 Å². The van der Waals surface area contributed by atoms with Gasteiger partial charge in [0.1, 0.15) is 11.5 Å². The van der Waals surface area contributed by atoms with E-state index in [0.29, 0.717) is 11.8 Å². The molecule has 1 saturated carbocycles. The Kier molecular flexibility index (Phi) is 6.85. The highest BCUT2D eigenvalue weighted by molar-refractivity contribution is 7.25. The lowest BCUT2D eigenvalue weighted by atomic mass is 9.64. The predicted octanol–water partition coefficient (Wildman–Crippen LogP) is 13.7. The van der Waals surface area contributed by atoms with E-state index >= 15 is 0 Å². The number of fused-ring (bicyclic) bond motifs is 16. The van der Waals surface area contributed by atoms with Crippen molar-refractivity contribution in [2.75, 3.05) is 0 Å². The summed E-state index contributed by atoms with van der Waals surface area (Å²) < 4.78 is 9.20. The van der Waals surface area contributed by atoms with Gasteiger partial charge in [-0.3, -0.25) is 0 Å². The van der Waals surface area contributed by atoms with Gasteiger partial charge < -0.3 is 4.74 Å². The number of nitrogens with zero attached hydrogens (tertiary/aromatic N) is 2. The Morgan fingerprint density at radius 3 is 2.11 bits per heavy atom. The molecule has 5 aliphatic rings. The highest BCUT2D eigenvalue weighted by Gasteiger charge is 2.51. The molecule has 0 amide bonds. The third-order valence-corrected chi connectivity index (χ3v) is 14.4. The third-order valence-electron chi connectivity index (χ3n) is 13.2. The van der Waals surface area contributed by atoms with Crippen molar-refractivity contribution in [2.45, 2.75) is 50.4 Å². The molecule has 56 heavy (non-hydrogen) atoms. The van der Waals surface area contributed by atoms with Crippen molar-refractivity contribution in [1.29, 1.82) is 0 Å². The number of benzene rings is 6. The van der Waals surface area contributed by atoms with Gasteiger partial charge in [-0.15, -0.1) is 11.3 Å². The standard InChI is InChI=1S/C52H40N2OS/c1-31-23-32-24-33(25-32)30-51(2,29-31)49-28-44(34-20-22-48-39(26-34)37-12-4-10-18-47(37)56-48)53-50(54-49)35-19-21-41-38(27-35)36-11-3-5-13-40(36)52(41)42-14-6-8-16-45(42)55-46-17-9-7-15-43(46)52/h3-22,24,26-28,31,33H,23,25,29-30H2,1-2H3/t31-,33?,51?/m0/s1. The summed E-state index contributed by atoms with van der Waals surface area (Å²) in [4.78, 5) is 11.1. The molecular formula is C52H40N2OS. The van der Waals surface area contributed by atoms with Gasteiger partial charge in [-0.05, 0) is 102 Å². The molecule has 1 spiro atoms. The molecule has 3 nitrogen and oxygen atoms in total. The average Bonchev–Trinajstić information content (AvgIpc) is 3.72. The second-order valence-electron chi connectivity index (χ2n) is 17.0. The highest BCUT2D eigenvalue weighted by atomic mass is 32.1. The molecular weight excluding hydrogens is 701 g/mol. The molecule has 2 bridgehead atoms. The van der Waals surface area contributed by atoms with Crippen LogP contribution in [0.3, 0.4) is 0 Å². The number of hydrogen-bond acceptors (Lipinski definition) is 4. The van der Waals surface area contributed by atoms with Crippen LogP contribution in [-0.4, -0.2) is 9.97 Å². The van der Waals surface area contributed by atoms with Crippen molar-refractivity contribution < 1.29 is 4.74 Å². The van der Waals surface area contributed by atoms with Crippen LogP contribution in [0.5, 0.6) is 11.5 Å². The van der Waals surface area contributed by atoms with Crippen LogP contribution < -0.4 is 4.74 Å². The minimum Gasteiger partial charge on any atom is -0.457 e. The molecule has 13 rings (SSSR count). The Bertz CT molecular complexity index is 2930. The van der Waals surface area contributed by atoms with Crippen molar-refractivity contribution in [2.24, 2.45) is 11.8 Å². The maximum Gasteiger partial charge on any atom is 0.160 e. The topological polar surface area (TPSA) is 35.0 Å². The zero-order valence-electron chi connectivity index (χ0n) is 31.6. The number of ether oxygens (including phenoxy) is 1. The van der Waals surface area contributed by atoms with Crippen LogP contribution in [-0.2, 0) is 10.8 Å². The second kappa shape index (κ2) is 11.8. The van der Waals surface area contributed by atoms with Crippen LogP contribution >= 0.6 is 11.3 Å². The van der Waals surface area contributed by atoms with Gasteiger partial charge in [0.25, 0.3) is 0 Å². The fourth-order valence-corrected chi connectivity index (χ4v) is 12.1. The van der Waals surface area contributed by atoms with Crippen molar-refractivity contribution in [3.05, 3.63) is 179 Å². The lowest BCUT2D eigenvalue weighted by molar-refractivity contribution is 0.253. The Labute approximate surface area is 331 Å². The normalized spacial score (nSPS) is 21.2. The average molecular weight is 741 g/mol. The number of para-hydroxylation sites is 2. The number of rotatable bonds is 3. The molecule has 0 radical (unpaired) electrons. The highest BCUT2D eigenvalue weighted by Crippen LogP contribution is 2.62. The number of allylic oxidation sites excluding steroid dienone is 2. The van der Waals surface area contributed by atoms with Crippen molar-refractivity contribution in [3.63, 3.8) is 0 Å². The minimum absolute atomic E-state index is 0.0684. The first kappa shape index (κ1) is 32.4. The van der Waals surface area contributed by atoms with Gasteiger partial charge in [0.05, 0.1) is 16.8 Å². The van der Waals surface area contributed by atoms with E-state index in [1.165, 1.54) is 66.4 Å². The molecule has 6 aromatic carbocycles. The van der Waals surface area contributed by atoms with Crippen molar-refractivity contribution in [1.82, 2.24) is 9.97 Å². The van der Waals surface area contributed by atoms with Crippen molar-refractivity contribution in [3.8, 4) is 45.3 Å². The largest absolute Gasteiger partial charge is 0.457 e. The maximum atomic E-state index is 6.58. The summed E-state index contributed by atoms with van der Waals surface area (Å²) in [7, 11) is 0. The van der Waals surface area contributed by atoms with Crippen LogP contribution in [0, 0.1) is 11.8 Å². The molecule has 3 atom stereocenters. The van der Waals surface area contributed by atoms with E-state index in [9.17, 15) is 0 Å². The predicted molar refractivity (Wildman–Crippen MR) is 230 cm³/mol. The first-order valence-electron chi connectivity index (χ1n) is 20.1. The van der Waals surface area contributed by atoms with Crippen LogP contribution in [0.1, 0.15) is 67.5 Å². The molecule has 4 aliphatic carbocycles. The second-order valence-corrected chi connectivity index (χ2v) is 18.1. The molecule has 0 saturated heterocycles. The summed E-state index contributed by atoms with van der Waals surface area (Å²) in [5.41, 5.74) is 12.8. The van der Waals surface area contributed by atoms with E-state index in [4.69, 9.17) is 14.7 Å². The summed E-state index contributed by atoms with van der Waals surface area (Å²) in [5, 5.41) is 2.60. The monoisotopic (exact) mass is 740 g/mol. The maximum absolute atomic E-state index is 6.58. The third kappa shape index (κ3) is 4.63. The van der Waals surface area contributed by atoms with Gasteiger partial charge >= 0.3 is 0 Å². The molecule has 0 N–H and O–H groups in total. The van der Waals surface area contributed by atoms with E-state index in [0.717, 1.165) is 52.7 Å². The lowest BCUT2D eigenvalue weighted by Crippen LogP contribution is -2.34. The van der Waals surface area contributed by atoms with Crippen LogP contribution in [0.2, 0.25) is 0 Å². The van der Waals surface area contributed by atoms with Gasteiger partial charge in [0.2, 0.25) is 0 Å². The molecule has 1 fully saturated rings. The summed E-state index contributed by atoms with van der Waals surface area (Å²) in [6.45, 7) is 4.89. The smallest absolute Gasteiger partial charge is 0.160 e. The van der Waals surface area contributed by atoms with E-state index in [2.05, 4.69) is 159 Å².